The first-order chi connectivity index (χ1) is 7.34. The van der Waals surface area contributed by atoms with E-state index < -0.39 is 0 Å². The molecule has 1 aromatic carbocycles. The molecule has 0 radical (unpaired) electrons. The van der Waals surface area contributed by atoms with Gasteiger partial charge in [-0.15, -0.1) is 0 Å². The Bertz CT molecular complexity index is 488. The lowest BCUT2D eigenvalue weighted by Crippen LogP contribution is -2.13. The van der Waals surface area contributed by atoms with Crippen LogP contribution in [0.5, 0.6) is 0 Å². The van der Waals surface area contributed by atoms with Crippen LogP contribution < -0.4 is 5.32 Å². The van der Waals surface area contributed by atoms with Gasteiger partial charge in [0.1, 0.15) is 5.69 Å². The third-order valence-electron chi connectivity index (χ3n) is 2.85. The average Bonchev–Trinajstić information content (AvgIpc) is 2.83. The molecule has 3 rings (SSSR count). The van der Waals surface area contributed by atoms with Crippen LogP contribution in [0.25, 0.3) is 11.0 Å². The van der Waals surface area contributed by atoms with Gasteiger partial charge >= 0.3 is 0 Å². The van der Waals surface area contributed by atoms with Gasteiger partial charge in [-0.3, -0.25) is 0 Å². The molecule has 3 nitrogen and oxygen atoms in total. The molecule has 1 aliphatic rings. The summed E-state index contributed by atoms with van der Waals surface area (Å²) in [4.78, 5) is 0. The molecular weight excluding hydrogens is 256 g/mol. The Balaban J connectivity index is 2.13. The Morgan fingerprint density at radius 2 is 2.40 bits per heavy atom. The minimum atomic E-state index is 0.362. The highest BCUT2D eigenvalue weighted by molar-refractivity contribution is 9.10. The van der Waals surface area contributed by atoms with Crippen LogP contribution in [0.3, 0.4) is 0 Å². The predicted octanol–water partition coefficient (Wildman–Crippen LogP) is 3.01. The van der Waals surface area contributed by atoms with E-state index in [1.807, 2.05) is 12.1 Å². The summed E-state index contributed by atoms with van der Waals surface area (Å²) in [5, 5.41) is 8.71. The maximum absolute atomic E-state index is 5.31. The molecule has 0 spiro atoms. The molecule has 0 amide bonds. The number of nitrogens with zero attached hydrogens (tertiary/aromatic N) is 1. The van der Waals surface area contributed by atoms with Crippen LogP contribution in [0, 0.1) is 0 Å². The van der Waals surface area contributed by atoms with E-state index in [1.54, 1.807) is 0 Å². The molecular formula is C11H11BrN2O. The van der Waals surface area contributed by atoms with Gasteiger partial charge in [-0.1, -0.05) is 21.1 Å². The van der Waals surface area contributed by atoms with Crippen molar-refractivity contribution in [2.45, 2.75) is 18.9 Å². The smallest absolute Gasteiger partial charge is 0.167 e. The lowest BCUT2D eigenvalue weighted by atomic mass is 10.1. The number of hydrogen-bond donors (Lipinski definition) is 1. The van der Waals surface area contributed by atoms with Crippen LogP contribution in [0.1, 0.15) is 24.6 Å². The topological polar surface area (TPSA) is 38.1 Å². The molecule has 2 aromatic rings. The number of benzene rings is 1. The lowest BCUT2D eigenvalue weighted by molar-refractivity contribution is 0.432. The van der Waals surface area contributed by atoms with Crippen molar-refractivity contribution in [3.8, 4) is 0 Å². The first kappa shape index (κ1) is 9.36. The quantitative estimate of drug-likeness (QED) is 0.863. The normalized spacial score (nSPS) is 21.3. The SMILES string of the molecule is Brc1ccc2onc(C3CCCN3)c2c1. The van der Waals surface area contributed by atoms with Crippen LogP contribution in [0.15, 0.2) is 27.2 Å². The highest BCUT2D eigenvalue weighted by atomic mass is 79.9. The van der Waals surface area contributed by atoms with E-state index in [2.05, 4.69) is 32.5 Å². The Morgan fingerprint density at radius 3 is 3.20 bits per heavy atom. The maximum Gasteiger partial charge on any atom is 0.167 e. The van der Waals surface area contributed by atoms with Crippen molar-refractivity contribution in [3.63, 3.8) is 0 Å². The third kappa shape index (κ3) is 1.58. The zero-order valence-corrected chi connectivity index (χ0v) is 9.75. The van der Waals surface area contributed by atoms with Gasteiger partial charge in [0.25, 0.3) is 0 Å². The summed E-state index contributed by atoms with van der Waals surface area (Å²) in [6.45, 7) is 1.08. The number of halogens is 1. The summed E-state index contributed by atoms with van der Waals surface area (Å²) >= 11 is 3.47. The Hall–Kier alpha value is -0.870. The first-order valence-electron chi connectivity index (χ1n) is 5.13. The molecule has 0 saturated carbocycles. The van der Waals surface area contributed by atoms with E-state index in [9.17, 15) is 0 Å². The second kappa shape index (κ2) is 3.61. The number of hydrogen-bond acceptors (Lipinski definition) is 3. The zero-order valence-electron chi connectivity index (χ0n) is 8.16. The van der Waals surface area contributed by atoms with Gasteiger partial charge in [0.2, 0.25) is 0 Å². The molecule has 1 N–H and O–H groups in total. The highest BCUT2D eigenvalue weighted by Gasteiger charge is 2.22. The molecule has 1 unspecified atom stereocenters. The first-order valence-corrected chi connectivity index (χ1v) is 5.92. The molecule has 1 aliphatic heterocycles. The molecule has 15 heavy (non-hydrogen) atoms. The van der Waals surface area contributed by atoms with Gasteiger partial charge in [0.15, 0.2) is 5.58 Å². The summed E-state index contributed by atoms with van der Waals surface area (Å²) in [6.07, 6.45) is 2.36. The van der Waals surface area contributed by atoms with Crippen LogP contribution in [0.4, 0.5) is 0 Å². The minimum Gasteiger partial charge on any atom is -0.356 e. The van der Waals surface area contributed by atoms with Crippen molar-refractivity contribution in [2.75, 3.05) is 6.54 Å². The molecule has 78 valence electrons. The predicted molar refractivity (Wildman–Crippen MR) is 61.7 cm³/mol. The number of fused-ring (bicyclic) bond motifs is 1. The van der Waals surface area contributed by atoms with E-state index in [0.717, 1.165) is 34.1 Å². The Kier molecular flexibility index (Phi) is 2.25. The minimum absolute atomic E-state index is 0.362. The van der Waals surface area contributed by atoms with Gasteiger partial charge in [-0.25, -0.2) is 0 Å². The summed E-state index contributed by atoms with van der Waals surface area (Å²) in [7, 11) is 0. The van der Waals surface area contributed by atoms with Crippen LogP contribution >= 0.6 is 15.9 Å². The van der Waals surface area contributed by atoms with Gasteiger partial charge < -0.3 is 9.84 Å². The second-order valence-electron chi connectivity index (χ2n) is 3.86. The monoisotopic (exact) mass is 266 g/mol. The van der Waals surface area contributed by atoms with Crippen LogP contribution in [0.2, 0.25) is 0 Å². The largest absolute Gasteiger partial charge is 0.356 e. The van der Waals surface area contributed by atoms with Crippen molar-refractivity contribution in [1.29, 1.82) is 0 Å². The third-order valence-corrected chi connectivity index (χ3v) is 3.34. The van der Waals surface area contributed by atoms with E-state index in [0.29, 0.717) is 6.04 Å². The standard InChI is InChI=1S/C11H11BrN2O/c12-7-3-4-10-8(6-7)11(14-15-10)9-2-1-5-13-9/h3-4,6,9,13H,1-2,5H2. The second-order valence-corrected chi connectivity index (χ2v) is 4.77. The summed E-state index contributed by atoms with van der Waals surface area (Å²) < 4.78 is 6.37. The van der Waals surface area contributed by atoms with Gasteiger partial charge in [-0.2, -0.15) is 0 Å². The van der Waals surface area contributed by atoms with Crippen molar-refractivity contribution in [1.82, 2.24) is 10.5 Å². The molecule has 1 saturated heterocycles. The van der Waals surface area contributed by atoms with Crippen molar-refractivity contribution < 1.29 is 4.52 Å². The summed E-state index contributed by atoms with van der Waals surface area (Å²) in [5.41, 5.74) is 1.91. The summed E-state index contributed by atoms with van der Waals surface area (Å²) in [5.74, 6) is 0. The van der Waals surface area contributed by atoms with E-state index >= 15 is 0 Å². The van der Waals surface area contributed by atoms with Crippen LogP contribution in [-0.2, 0) is 0 Å². The van der Waals surface area contributed by atoms with Gasteiger partial charge in [0.05, 0.1) is 6.04 Å². The van der Waals surface area contributed by atoms with Crippen LogP contribution in [-0.4, -0.2) is 11.7 Å². The zero-order chi connectivity index (χ0) is 10.3. The highest BCUT2D eigenvalue weighted by Crippen LogP contribution is 2.30. The van der Waals surface area contributed by atoms with Crippen molar-refractivity contribution in [3.05, 3.63) is 28.4 Å². The molecule has 1 aromatic heterocycles. The van der Waals surface area contributed by atoms with Gasteiger partial charge in [-0.05, 0) is 37.6 Å². The lowest BCUT2D eigenvalue weighted by Gasteiger charge is -2.05. The number of nitrogens with one attached hydrogen (secondary N) is 1. The molecule has 2 heterocycles. The van der Waals surface area contributed by atoms with Gasteiger partial charge in [0, 0.05) is 9.86 Å². The Labute approximate surface area is 95.9 Å². The fourth-order valence-corrected chi connectivity index (χ4v) is 2.46. The molecule has 4 heteroatoms. The summed E-state index contributed by atoms with van der Waals surface area (Å²) in [6, 6.07) is 6.35. The molecule has 1 atom stereocenters. The van der Waals surface area contributed by atoms with E-state index in [4.69, 9.17) is 4.52 Å². The van der Waals surface area contributed by atoms with Crippen molar-refractivity contribution >= 4 is 26.9 Å². The fourth-order valence-electron chi connectivity index (χ4n) is 2.10. The van der Waals surface area contributed by atoms with E-state index in [-0.39, 0.29) is 0 Å². The average molecular weight is 267 g/mol. The Morgan fingerprint density at radius 1 is 1.47 bits per heavy atom. The molecule has 0 bridgehead atoms. The fraction of sp³-hybridized carbons (Fsp3) is 0.364. The maximum atomic E-state index is 5.31. The molecule has 0 aliphatic carbocycles. The molecule has 1 fully saturated rings. The van der Waals surface area contributed by atoms with E-state index in [1.165, 1.54) is 6.42 Å². The number of rotatable bonds is 1. The number of aromatic nitrogens is 1. The van der Waals surface area contributed by atoms with Crippen molar-refractivity contribution in [2.24, 2.45) is 0 Å².